The van der Waals surface area contributed by atoms with Gasteiger partial charge < -0.3 is 9.84 Å². The van der Waals surface area contributed by atoms with Gasteiger partial charge in [-0.05, 0) is 41.1 Å². The third-order valence-corrected chi connectivity index (χ3v) is 5.76. The molecule has 1 rings (SSSR count). The van der Waals surface area contributed by atoms with Crippen LogP contribution in [0.3, 0.4) is 0 Å². The van der Waals surface area contributed by atoms with Crippen LogP contribution in [0.1, 0.15) is 24.2 Å². The number of benzene rings is 1. The summed E-state index contributed by atoms with van der Waals surface area (Å²) in [5.74, 6) is -1.19. The molecule has 0 aromatic heterocycles. The molecule has 6 nitrogen and oxygen atoms in total. The van der Waals surface area contributed by atoms with Crippen molar-refractivity contribution in [2.45, 2.75) is 24.8 Å². The number of carboxylic acids is 1. The lowest BCUT2D eigenvalue weighted by molar-refractivity contribution is 0.0695. The van der Waals surface area contributed by atoms with Crippen LogP contribution in [0.2, 0.25) is 0 Å². The lowest BCUT2D eigenvalue weighted by atomic mass is 10.2. The van der Waals surface area contributed by atoms with Gasteiger partial charge in [-0.25, -0.2) is 13.2 Å². The molecule has 0 aliphatic heterocycles. The van der Waals surface area contributed by atoms with Crippen molar-refractivity contribution in [2.24, 2.45) is 0 Å². The number of ether oxygens (including phenoxy) is 1. The van der Waals surface area contributed by atoms with Crippen molar-refractivity contribution in [3.05, 3.63) is 28.2 Å². The second kappa shape index (κ2) is 7.35. The molecule has 0 bridgehead atoms. The van der Waals surface area contributed by atoms with Gasteiger partial charge in [0.05, 0.1) is 17.1 Å². The maximum Gasteiger partial charge on any atom is 0.336 e. The van der Waals surface area contributed by atoms with E-state index >= 15 is 0 Å². The molecule has 0 heterocycles. The molecule has 0 aliphatic rings. The summed E-state index contributed by atoms with van der Waals surface area (Å²) < 4.78 is 31.9. The number of carboxylic acid groups (broad SMARTS) is 1. The van der Waals surface area contributed by atoms with E-state index in [1.807, 2.05) is 0 Å². The monoisotopic (exact) mass is 379 g/mol. The number of carbonyl (C=O) groups is 1. The highest BCUT2D eigenvalue weighted by molar-refractivity contribution is 9.10. The normalized spacial score (nSPS) is 13.4. The van der Waals surface area contributed by atoms with Crippen molar-refractivity contribution < 1.29 is 23.1 Å². The minimum absolute atomic E-state index is 0.0482. The van der Waals surface area contributed by atoms with Crippen LogP contribution in [-0.2, 0) is 14.8 Å². The smallest absolute Gasteiger partial charge is 0.336 e. The first kappa shape index (κ1) is 18.1. The third-order valence-electron chi connectivity index (χ3n) is 2.99. The highest BCUT2D eigenvalue weighted by Crippen LogP contribution is 2.24. The Morgan fingerprint density at radius 1 is 1.48 bits per heavy atom. The zero-order valence-corrected chi connectivity index (χ0v) is 14.4. The van der Waals surface area contributed by atoms with E-state index in [0.29, 0.717) is 4.47 Å². The number of likely N-dealkylation sites (N-methyl/N-ethyl adjacent to an activating group) is 1. The molecule has 0 spiro atoms. The van der Waals surface area contributed by atoms with Crippen LogP contribution in [0.4, 0.5) is 0 Å². The highest BCUT2D eigenvalue weighted by atomic mass is 79.9. The Morgan fingerprint density at radius 2 is 2.10 bits per heavy atom. The molecule has 1 aromatic carbocycles. The van der Waals surface area contributed by atoms with Crippen LogP contribution in [0, 0.1) is 0 Å². The van der Waals surface area contributed by atoms with E-state index in [0.717, 1.165) is 6.07 Å². The summed E-state index contributed by atoms with van der Waals surface area (Å²) in [7, 11) is -2.28. The zero-order chi connectivity index (χ0) is 16.2. The van der Waals surface area contributed by atoms with Crippen LogP contribution in [0.15, 0.2) is 27.6 Å². The fourth-order valence-electron chi connectivity index (χ4n) is 2.01. The zero-order valence-electron chi connectivity index (χ0n) is 12.0. The molecule has 0 amide bonds. The van der Waals surface area contributed by atoms with Crippen LogP contribution >= 0.6 is 15.9 Å². The molecule has 1 N–H and O–H groups in total. The third kappa shape index (κ3) is 4.03. The largest absolute Gasteiger partial charge is 0.478 e. The summed E-state index contributed by atoms with van der Waals surface area (Å²) in [5.41, 5.74) is -0.0912. The van der Waals surface area contributed by atoms with Crippen molar-refractivity contribution in [1.29, 1.82) is 0 Å². The lowest BCUT2D eigenvalue weighted by Crippen LogP contribution is -2.40. The van der Waals surface area contributed by atoms with Crippen molar-refractivity contribution in [2.75, 3.05) is 20.3 Å². The van der Waals surface area contributed by atoms with E-state index in [9.17, 15) is 13.2 Å². The van der Waals surface area contributed by atoms with Crippen LogP contribution in [-0.4, -0.2) is 50.1 Å². The minimum Gasteiger partial charge on any atom is -0.478 e. The van der Waals surface area contributed by atoms with Gasteiger partial charge in [-0.15, -0.1) is 0 Å². The summed E-state index contributed by atoms with van der Waals surface area (Å²) in [6.45, 7) is 3.99. The highest BCUT2D eigenvalue weighted by Gasteiger charge is 2.28. The van der Waals surface area contributed by atoms with Crippen LogP contribution < -0.4 is 0 Å². The predicted octanol–water partition coefficient (Wildman–Crippen LogP) is 2.19. The van der Waals surface area contributed by atoms with E-state index in [-0.39, 0.29) is 29.7 Å². The molecule has 1 atom stereocenters. The second-order valence-electron chi connectivity index (χ2n) is 4.46. The number of hydrogen-bond acceptors (Lipinski definition) is 4. The van der Waals surface area contributed by atoms with Crippen molar-refractivity contribution in [1.82, 2.24) is 4.31 Å². The fourth-order valence-corrected chi connectivity index (χ4v) is 4.08. The number of halogens is 1. The molecule has 118 valence electrons. The van der Waals surface area contributed by atoms with Gasteiger partial charge in [0.1, 0.15) is 0 Å². The first-order valence-electron chi connectivity index (χ1n) is 6.29. The SMILES string of the molecule is CCN(C(C)COC)S(=O)(=O)c1ccc(Br)c(C(=O)O)c1. The number of methoxy groups -OCH3 is 1. The molecule has 1 aromatic rings. The van der Waals surface area contributed by atoms with Gasteiger partial charge >= 0.3 is 5.97 Å². The topological polar surface area (TPSA) is 83.9 Å². The summed E-state index contributed by atoms with van der Waals surface area (Å²) in [5, 5.41) is 9.09. The van der Waals surface area contributed by atoms with Gasteiger partial charge in [-0.1, -0.05) is 6.92 Å². The van der Waals surface area contributed by atoms with Crippen LogP contribution in [0.5, 0.6) is 0 Å². The molecular formula is C13H18BrNO5S. The predicted molar refractivity (Wildman–Crippen MR) is 82.0 cm³/mol. The molecular weight excluding hydrogens is 362 g/mol. The van der Waals surface area contributed by atoms with E-state index < -0.39 is 16.0 Å². The molecule has 21 heavy (non-hydrogen) atoms. The van der Waals surface area contributed by atoms with Gasteiger partial charge in [-0.3, -0.25) is 0 Å². The van der Waals surface area contributed by atoms with Gasteiger partial charge in [0.2, 0.25) is 10.0 Å². The number of rotatable bonds is 7. The van der Waals surface area contributed by atoms with E-state index in [1.165, 1.54) is 23.5 Å². The summed E-state index contributed by atoms with van der Waals surface area (Å²) in [4.78, 5) is 11.1. The minimum atomic E-state index is -3.78. The Labute approximate surface area is 132 Å². The molecule has 8 heteroatoms. The first-order chi connectivity index (χ1) is 9.75. The number of hydrogen-bond donors (Lipinski definition) is 1. The van der Waals surface area contributed by atoms with Gasteiger partial charge in [0, 0.05) is 24.2 Å². The fraction of sp³-hybridized carbons (Fsp3) is 0.462. The Kier molecular flexibility index (Phi) is 6.33. The molecule has 1 unspecified atom stereocenters. The van der Waals surface area contributed by atoms with Gasteiger partial charge in [-0.2, -0.15) is 4.31 Å². The van der Waals surface area contributed by atoms with Crippen molar-refractivity contribution in [3.63, 3.8) is 0 Å². The Bertz CT molecular complexity index is 617. The molecule has 0 saturated carbocycles. The number of aromatic carboxylic acids is 1. The van der Waals surface area contributed by atoms with Gasteiger partial charge in [0.25, 0.3) is 0 Å². The summed E-state index contributed by atoms with van der Waals surface area (Å²) in [6.07, 6.45) is 0. The summed E-state index contributed by atoms with van der Waals surface area (Å²) >= 11 is 3.10. The maximum absolute atomic E-state index is 12.6. The lowest BCUT2D eigenvalue weighted by Gasteiger charge is -2.26. The van der Waals surface area contributed by atoms with E-state index in [1.54, 1.807) is 13.8 Å². The van der Waals surface area contributed by atoms with Gasteiger partial charge in [0.15, 0.2) is 0 Å². The number of sulfonamides is 1. The second-order valence-corrected chi connectivity index (χ2v) is 7.20. The maximum atomic E-state index is 12.6. The van der Waals surface area contributed by atoms with Crippen molar-refractivity contribution >= 4 is 31.9 Å². The van der Waals surface area contributed by atoms with E-state index in [2.05, 4.69) is 15.9 Å². The first-order valence-corrected chi connectivity index (χ1v) is 8.52. The molecule has 0 fully saturated rings. The molecule has 0 aliphatic carbocycles. The van der Waals surface area contributed by atoms with Crippen LogP contribution in [0.25, 0.3) is 0 Å². The van der Waals surface area contributed by atoms with E-state index in [4.69, 9.17) is 9.84 Å². The quantitative estimate of drug-likeness (QED) is 0.784. The molecule has 0 radical (unpaired) electrons. The average Bonchev–Trinajstić information content (AvgIpc) is 2.39. The molecule has 0 saturated heterocycles. The Balaban J connectivity index is 3.29. The number of nitrogens with zero attached hydrogens (tertiary/aromatic N) is 1. The Morgan fingerprint density at radius 3 is 2.57 bits per heavy atom. The Hall–Kier alpha value is -0.960. The average molecular weight is 380 g/mol. The standard InChI is InChI=1S/C13H18BrNO5S/c1-4-15(9(2)8-20-3)21(18,19)10-5-6-12(14)11(7-10)13(16)17/h5-7,9H,4,8H2,1-3H3,(H,16,17). The summed E-state index contributed by atoms with van der Waals surface area (Å²) in [6, 6.07) is 3.62. The van der Waals surface area contributed by atoms with Crippen molar-refractivity contribution in [3.8, 4) is 0 Å².